The highest BCUT2D eigenvalue weighted by molar-refractivity contribution is 7.26. The van der Waals surface area contributed by atoms with E-state index < -0.39 is 0 Å². The van der Waals surface area contributed by atoms with Crippen molar-refractivity contribution in [3.63, 3.8) is 0 Å². The van der Waals surface area contributed by atoms with Gasteiger partial charge in [0.05, 0.1) is 6.61 Å². The number of hydrogen-bond acceptors (Lipinski definition) is 4. The Bertz CT molecular complexity index is 604. The van der Waals surface area contributed by atoms with Crippen LogP contribution in [0.15, 0.2) is 41.8 Å². The summed E-state index contributed by atoms with van der Waals surface area (Å²) in [7, 11) is 0. The molecule has 3 heterocycles. The molecule has 0 atom stereocenters. The van der Waals surface area contributed by atoms with Crippen LogP contribution in [0.5, 0.6) is 0 Å². The average molecular weight is 278 g/mol. The lowest BCUT2D eigenvalue weighted by Gasteiger charge is -1.90. The minimum Gasteiger partial charge on any atom is -0.391 e. The van der Waals surface area contributed by atoms with Gasteiger partial charge in [0.1, 0.15) is 0 Å². The van der Waals surface area contributed by atoms with Crippen molar-refractivity contribution in [2.45, 2.75) is 6.61 Å². The first-order chi connectivity index (χ1) is 8.36. The van der Waals surface area contributed by atoms with Crippen LogP contribution < -0.4 is 0 Å². The van der Waals surface area contributed by atoms with Crippen LogP contribution in [-0.2, 0) is 6.61 Å². The lowest BCUT2D eigenvalue weighted by atomic mass is 10.3. The number of hydrogen-bond donors (Lipinski definition) is 1. The molecule has 0 radical (unpaired) electrons. The number of thiophene rings is 3. The van der Waals surface area contributed by atoms with Crippen LogP contribution in [0.25, 0.3) is 19.5 Å². The maximum absolute atomic E-state index is 9.07. The van der Waals surface area contributed by atoms with Gasteiger partial charge in [0, 0.05) is 24.4 Å². The van der Waals surface area contributed by atoms with Gasteiger partial charge in [0.15, 0.2) is 0 Å². The van der Waals surface area contributed by atoms with E-state index in [4.69, 9.17) is 5.11 Å². The molecule has 86 valence electrons. The zero-order valence-corrected chi connectivity index (χ0v) is 11.4. The van der Waals surface area contributed by atoms with E-state index in [1.165, 1.54) is 19.5 Å². The first-order valence-electron chi connectivity index (χ1n) is 5.20. The zero-order chi connectivity index (χ0) is 11.7. The van der Waals surface area contributed by atoms with Crippen molar-refractivity contribution in [1.82, 2.24) is 0 Å². The number of rotatable bonds is 3. The third kappa shape index (κ3) is 2.21. The fraction of sp³-hybridized carbons (Fsp3) is 0.0769. The van der Waals surface area contributed by atoms with E-state index in [0.717, 1.165) is 4.88 Å². The molecule has 0 aliphatic rings. The third-order valence-electron chi connectivity index (χ3n) is 2.43. The molecular formula is C13H10OS3. The average Bonchev–Trinajstić information content (AvgIpc) is 3.09. The van der Waals surface area contributed by atoms with Crippen molar-refractivity contribution < 1.29 is 5.11 Å². The normalized spacial score (nSPS) is 10.9. The summed E-state index contributed by atoms with van der Waals surface area (Å²) in [6.45, 7) is 0.133. The Labute approximate surface area is 112 Å². The molecule has 1 N–H and O–H groups in total. The summed E-state index contributed by atoms with van der Waals surface area (Å²) in [6.07, 6.45) is 0. The quantitative estimate of drug-likeness (QED) is 0.736. The second-order valence-electron chi connectivity index (χ2n) is 3.57. The Hall–Kier alpha value is -0.940. The maximum Gasteiger partial charge on any atom is 0.0774 e. The summed E-state index contributed by atoms with van der Waals surface area (Å²) in [5.41, 5.74) is 0. The first-order valence-corrected chi connectivity index (χ1v) is 7.72. The van der Waals surface area contributed by atoms with E-state index in [2.05, 4.69) is 35.7 Å². The maximum atomic E-state index is 9.07. The Morgan fingerprint density at radius 3 is 2.18 bits per heavy atom. The van der Waals surface area contributed by atoms with Crippen molar-refractivity contribution in [3.8, 4) is 19.5 Å². The summed E-state index contributed by atoms with van der Waals surface area (Å²) in [6, 6.07) is 12.6. The second-order valence-corrected chi connectivity index (χ2v) is 6.77. The van der Waals surface area contributed by atoms with Gasteiger partial charge in [-0.3, -0.25) is 0 Å². The summed E-state index contributed by atoms with van der Waals surface area (Å²) >= 11 is 5.24. The molecule has 0 amide bonds. The van der Waals surface area contributed by atoms with Crippen LogP contribution in [0.1, 0.15) is 4.88 Å². The first kappa shape index (κ1) is 11.2. The van der Waals surface area contributed by atoms with Crippen LogP contribution in [0.4, 0.5) is 0 Å². The summed E-state index contributed by atoms with van der Waals surface area (Å²) in [5.74, 6) is 0. The highest BCUT2D eigenvalue weighted by Crippen LogP contribution is 2.38. The van der Waals surface area contributed by atoms with Gasteiger partial charge in [0.25, 0.3) is 0 Å². The predicted octanol–water partition coefficient (Wildman–Crippen LogP) is 4.70. The fourth-order valence-corrected chi connectivity index (χ4v) is 4.42. The van der Waals surface area contributed by atoms with Crippen molar-refractivity contribution in [2.24, 2.45) is 0 Å². The van der Waals surface area contributed by atoms with Crippen LogP contribution in [0.2, 0.25) is 0 Å². The van der Waals surface area contributed by atoms with Crippen molar-refractivity contribution >= 4 is 34.0 Å². The minimum absolute atomic E-state index is 0.133. The van der Waals surface area contributed by atoms with Gasteiger partial charge < -0.3 is 5.11 Å². The molecule has 0 saturated carbocycles. The molecule has 0 spiro atoms. The van der Waals surface area contributed by atoms with E-state index in [-0.39, 0.29) is 6.61 Å². The van der Waals surface area contributed by atoms with Crippen LogP contribution >= 0.6 is 34.0 Å². The molecule has 0 unspecified atom stereocenters. The summed E-state index contributed by atoms with van der Waals surface area (Å²) in [5, 5.41) is 11.2. The molecular weight excluding hydrogens is 268 g/mol. The molecule has 0 saturated heterocycles. The van der Waals surface area contributed by atoms with E-state index in [1.807, 2.05) is 6.07 Å². The molecule has 0 fully saturated rings. The van der Waals surface area contributed by atoms with Crippen molar-refractivity contribution in [2.75, 3.05) is 0 Å². The monoisotopic (exact) mass is 278 g/mol. The largest absolute Gasteiger partial charge is 0.391 e. The van der Waals surface area contributed by atoms with Gasteiger partial charge in [-0.15, -0.1) is 34.0 Å². The molecule has 3 aromatic heterocycles. The van der Waals surface area contributed by atoms with E-state index in [1.54, 1.807) is 34.0 Å². The van der Waals surface area contributed by atoms with E-state index >= 15 is 0 Å². The molecule has 3 rings (SSSR count). The van der Waals surface area contributed by atoms with Crippen LogP contribution in [0, 0.1) is 0 Å². The second kappa shape index (κ2) is 4.74. The fourth-order valence-electron chi connectivity index (χ4n) is 1.62. The molecule has 3 aromatic rings. The Balaban J connectivity index is 1.94. The Morgan fingerprint density at radius 1 is 0.824 bits per heavy atom. The molecule has 1 nitrogen and oxygen atoms in total. The zero-order valence-electron chi connectivity index (χ0n) is 8.92. The molecule has 4 heteroatoms. The molecule has 0 aromatic carbocycles. The number of aliphatic hydroxyl groups excluding tert-OH is 1. The molecule has 17 heavy (non-hydrogen) atoms. The Kier molecular flexibility index (Phi) is 3.11. The molecule has 0 bridgehead atoms. The van der Waals surface area contributed by atoms with Crippen molar-refractivity contribution in [1.29, 1.82) is 0 Å². The van der Waals surface area contributed by atoms with Gasteiger partial charge >= 0.3 is 0 Å². The van der Waals surface area contributed by atoms with Crippen LogP contribution in [0.3, 0.4) is 0 Å². The van der Waals surface area contributed by atoms with E-state index in [0.29, 0.717) is 0 Å². The SMILES string of the molecule is OCc1ccc(-c2ccc(-c3cccs3)s2)s1. The van der Waals surface area contributed by atoms with Crippen LogP contribution in [-0.4, -0.2) is 5.11 Å². The summed E-state index contributed by atoms with van der Waals surface area (Å²) < 4.78 is 0. The molecule has 0 aliphatic carbocycles. The highest BCUT2D eigenvalue weighted by Gasteiger charge is 2.07. The van der Waals surface area contributed by atoms with Gasteiger partial charge in [-0.2, -0.15) is 0 Å². The number of aliphatic hydroxyl groups is 1. The van der Waals surface area contributed by atoms with E-state index in [9.17, 15) is 0 Å². The Morgan fingerprint density at radius 2 is 1.53 bits per heavy atom. The van der Waals surface area contributed by atoms with Gasteiger partial charge in [-0.05, 0) is 35.7 Å². The highest BCUT2D eigenvalue weighted by atomic mass is 32.1. The lowest BCUT2D eigenvalue weighted by molar-refractivity contribution is 0.285. The van der Waals surface area contributed by atoms with Crippen molar-refractivity contribution in [3.05, 3.63) is 46.7 Å². The predicted molar refractivity (Wildman–Crippen MR) is 76.9 cm³/mol. The minimum atomic E-state index is 0.133. The standard InChI is InChI=1S/C13H10OS3/c14-8-9-3-4-12(16-9)13-6-5-11(17-13)10-2-1-7-15-10/h1-7,14H,8H2. The van der Waals surface area contributed by atoms with Gasteiger partial charge in [0.2, 0.25) is 0 Å². The smallest absolute Gasteiger partial charge is 0.0774 e. The van der Waals surface area contributed by atoms with Gasteiger partial charge in [-0.25, -0.2) is 0 Å². The topological polar surface area (TPSA) is 20.2 Å². The summed E-state index contributed by atoms with van der Waals surface area (Å²) in [4.78, 5) is 6.17. The lowest BCUT2D eigenvalue weighted by Crippen LogP contribution is -1.69. The molecule has 0 aliphatic heterocycles. The van der Waals surface area contributed by atoms with Gasteiger partial charge in [-0.1, -0.05) is 6.07 Å². The third-order valence-corrected chi connectivity index (χ3v) is 5.85.